The zero-order valence-corrected chi connectivity index (χ0v) is 20.8. The molecule has 2 heterocycles. The molecular weight excluding hydrogens is 532 g/mol. The second kappa shape index (κ2) is 10.4. The van der Waals surface area contributed by atoms with Gasteiger partial charge in [-0.3, -0.25) is 10.1 Å². The van der Waals surface area contributed by atoms with Gasteiger partial charge in [0.25, 0.3) is 5.91 Å². The van der Waals surface area contributed by atoms with Crippen molar-refractivity contribution >= 4 is 11.9 Å². The number of ether oxygens (including phenoxy) is 1. The van der Waals surface area contributed by atoms with E-state index in [1.54, 1.807) is 30.3 Å². The van der Waals surface area contributed by atoms with Gasteiger partial charge in [0.15, 0.2) is 0 Å². The summed E-state index contributed by atoms with van der Waals surface area (Å²) in [5.74, 6) is -0.520. The molecule has 2 saturated heterocycles. The predicted octanol–water partition coefficient (Wildman–Crippen LogP) is 4.36. The Kier molecular flexibility index (Phi) is 7.71. The first-order chi connectivity index (χ1) is 18.2. The zero-order valence-electron chi connectivity index (χ0n) is 20.8. The summed E-state index contributed by atoms with van der Waals surface area (Å²) in [6, 6.07) is 9.59. The van der Waals surface area contributed by atoms with E-state index in [1.165, 1.54) is 11.8 Å². The summed E-state index contributed by atoms with van der Waals surface area (Å²) in [5, 5.41) is 14.9. The summed E-state index contributed by atoms with van der Waals surface area (Å²) in [6.45, 7) is 0.775. The lowest BCUT2D eigenvalue weighted by Gasteiger charge is -2.47. The van der Waals surface area contributed by atoms with Crippen molar-refractivity contribution in [3.05, 3.63) is 70.8 Å². The Morgan fingerprint density at radius 3 is 2.13 bits per heavy atom. The van der Waals surface area contributed by atoms with Gasteiger partial charge in [-0.1, -0.05) is 30.3 Å². The molecule has 3 amide bonds. The molecule has 3 N–H and O–H groups in total. The molecule has 0 bridgehead atoms. The average molecular weight is 560 g/mol. The molecule has 2 aliphatic heterocycles. The van der Waals surface area contributed by atoms with Crippen molar-refractivity contribution in [3.8, 4) is 0 Å². The summed E-state index contributed by atoms with van der Waals surface area (Å²) < 4.78 is 86.0. The molecule has 212 valence electrons. The third-order valence-electron chi connectivity index (χ3n) is 7.40. The molecule has 0 saturated carbocycles. The minimum absolute atomic E-state index is 0.0149. The topological polar surface area (TPSA) is 90.9 Å². The van der Waals surface area contributed by atoms with Crippen LogP contribution in [0.5, 0.6) is 0 Å². The number of alkyl halides is 6. The molecule has 3 atom stereocenters. The second-order valence-electron chi connectivity index (χ2n) is 9.76. The third kappa shape index (κ3) is 5.61. The monoisotopic (exact) mass is 559 g/mol. The van der Waals surface area contributed by atoms with Gasteiger partial charge in [-0.05, 0) is 49.1 Å². The minimum Gasteiger partial charge on any atom is -0.395 e. The van der Waals surface area contributed by atoms with Crippen LogP contribution < -0.4 is 10.6 Å². The van der Waals surface area contributed by atoms with Crippen LogP contribution in [0.15, 0.2) is 48.5 Å². The van der Waals surface area contributed by atoms with Crippen molar-refractivity contribution in [2.24, 2.45) is 0 Å². The zero-order chi connectivity index (χ0) is 28.6. The number of hydrogen-bond acceptors (Lipinski definition) is 5. The van der Waals surface area contributed by atoms with Crippen LogP contribution in [0.2, 0.25) is 0 Å². The van der Waals surface area contributed by atoms with Crippen LogP contribution >= 0.6 is 0 Å². The van der Waals surface area contributed by atoms with Gasteiger partial charge in [-0.2, -0.15) is 26.3 Å². The van der Waals surface area contributed by atoms with Crippen LogP contribution in [-0.2, 0) is 27.4 Å². The number of aliphatic hydroxyl groups excluding tert-OH is 1. The Hall–Kier alpha value is -3.16. The highest BCUT2D eigenvalue weighted by Gasteiger charge is 2.56. The van der Waals surface area contributed by atoms with Gasteiger partial charge in [-0.15, -0.1) is 0 Å². The fraction of sp³-hybridized carbons (Fsp3) is 0.462. The second-order valence-corrected chi connectivity index (χ2v) is 9.76. The third-order valence-corrected chi connectivity index (χ3v) is 7.40. The number of rotatable bonds is 7. The SMILES string of the molecule is CC(OCC1(c2ccccc2)CCC2(CN1)C(=O)NC(=O)N2CCO)c1cc(C(F)(F)F)cc(C(F)(F)F)c1. The number of nitrogens with one attached hydrogen (secondary N) is 2. The van der Waals surface area contributed by atoms with Crippen LogP contribution in [0, 0.1) is 0 Å². The lowest BCUT2D eigenvalue weighted by Crippen LogP contribution is -2.65. The number of amides is 3. The first-order valence-corrected chi connectivity index (χ1v) is 12.2. The number of carbonyl (C=O) groups excluding carboxylic acids is 2. The number of benzene rings is 2. The van der Waals surface area contributed by atoms with Crippen molar-refractivity contribution < 1.29 is 45.8 Å². The molecule has 39 heavy (non-hydrogen) atoms. The first-order valence-electron chi connectivity index (χ1n) is 12.2. The predicted molar refractivity (Wildman–Crippen MR) is 126 cm³/mol. The molecule has 2 aromatic rings. The summed E-state index contributed by atoms with van der Waals surface area (Å²) in [6.07, 6.45) is -10.7. The van der Waals surface area contributed by atoms with Crippen LogP contribution in [0.4, 0.5) is 31.1 Å². The van der Waals surface area contributed by atoms with E-state index in [0.717, 1.165) is 5.56 Å². The van der Waals surface area contributed by atoms with Crippen LogP contribution in [0.1, 0.15) is 48.1 Å². The Morgan fingerprint density at radius 1 is 1.00 bits per heavy atom. The molecule has 1 spiro atoms. The molecule has 0 aliphatic carbocycles. The smallest absolute Gasteiger partial charge is 0.395 e. The molecule has 4 rings (SSSR count). The van der Waals surface area contributed by atoms with Crippen LogP contribution in [0.25, 0.3) is 0 Å². The van der Waals surface area contributed by atoms with Gasteiger partial charge < -0.3 is 20.1 Å². The summed E-state index contributed by atoms with van der Waals surface area (Å²) in [7, 11) is 0. The van der Waals surface area contributed by atoms with Gasteiger partial charge in [0.1, 0.15) is 5.54 Å². The highest BCUT2D eigenvalue weighted by atomic mass is 19.4. The van der Waals surface area contributed by atoms with Gasteiger partial charge in [0, 0.05) is 13.1 Å². The average Bonchev–Trinajstić information content (AvgIpc) is 3.11. The summed E-state index contributed by atoms with van der Waals surface area (Å²) >= 11 is 0. The normalized spacial score (nSPS) is 24.8. The van der Waals surface area contributed by atoms with E-state index in [9.17, 15) is 41.0 Å². The van der Waals surface area contributed by atoms with Gasteiger partial charge in [-0.25, -0.2) is 4.79 Å². The lowest BCUT2D eigenvalue weighted by molar-refractivity contribution is -0.143. The number of aliphatic hydroxyl groups is 1. The summed E-state index contributed by atoms with van der Waals surface area (Å²) in [5.41, 5.74) is -4.65. The highest BCUT2D eigenvalue weighted by Crippen LogP contribution is 2.41. The Balaban J connectivity index is 1.61. The quantitative estimate of drug-likeness (QED) is 0.347. The van der Waals surface area contributed by atoms with E-state index in [-0.39, 0.29) is 50.8 Å². The molecule has 13 heteroatoms. The van der Waals surface area contributed by atoms with Crippen molar-refractivity contribution in [1.82, 2.24) is 15.5 Å². The molecular formula is C26H27F6N3O4. The fourth-order valence-corrected chi connectivity index (χ4v) is 5.14. The molecule has 2 aliphatic rings. The van der Waals surface area contributed by atoms with E-state index >= 15 is 0 Å². The fourth-order valence-electron chi connectivity index (χ4n) is 5.14. The maximum atomic E-state index is 13.4. The maximum Gasteiger partial charge on any atom is 0.416 e. The number of β-amino-alcohol motifs (C(OH)–C–C–N with tert-alkyl or cyclic N) is 1. The van der Waals surface area contributed by atoms with Gasteiger partial charge >= 0.3 is 18.4 Å². The van der Waals surface area contributed by atoms with Crippen molar-refractivity contribution in [1.29, 1.82) is 0 Å². The number of hydrogen-bond donors (Lipinski definition) is 3. The number of nitrogens with zero attached hydrogens (tertiary/aromatic N) is 1. The standard InChI is InChI=1S/C26H27F6N3O4/c1-16(17-11-19(25(27,28)29)13-20(12-17)26(30,31)32)39-15-23(18-5-3-2-4-6-18)7-8-24(14-33-23)21(37)34-22(38)35(24)9-10-36/h2-6,11-13,16,33,36H,7-10,14-15H2,1H3,(H,34,37,38). The van der Waals surface area contributed by atoms with Crippen molar-refractivity contribution in [2.45, 2.75) is 49.3 Å². The van der Waals surface area contributed by atoms with E-state index in [2.05, 4.69) is 10.6 Å². The first kappa shape index (κ1) is 28.8. The minimum atomic E-state index is -4.99. The number of urea groups is 1. The molecule has 0 radical (unpaired) electrons. The van der Waals surface area contributed by atoms with Crippen molar-refractivity contribution in [2.75, 3.05) is 26.3 Å². The van der Waals surface area contributed by atoms with Gasteiger partial charge in [0.05, 0.1) is 36.0 Å². The molecule has 2 aromatic carbocycles. The Bertz CT molecular complexity index is 1180. The summed E-state index contributed by atoms with van der Waals surface area (Å²) in [4.78, 5) is 26.3. The van der Waals surface area contributed by atoms with E-state index in [4.69, 9.17) is 4.74 Å². The Labute approximate surface area is 220 Å². The lowest BCUT2D eigenvalue weighted by atomic mass is 9.75. The molecule has 3 unspecified atom stereocenters. The number of carbonyl (C=O) groups is 2. The Morgan fingerprint density at radius 2 is 1.62 bits per heavy atom. The molecule has 0 aromatic heterocycles. The van der Waals surface area contributed by atoms with E-state index < -0.39 is 52.6 Å². The van der Waals surface area contributed by atoms with Gasteiger partial charge in [0.2, 0.25) is 0 Å². The highest BCUT2D eigenvalue weighted by molar-refractivity contribution is 6.07. The van der Waals surface area contributed by atoms with E-state index in [0.29, 0.717) is 12.1 Å². The maximum absolute atomic E-state index is 13.4. The van der Waals surface area contributed by atoms with Crippen molar-refractivity contribution in [3.63, 3.8) is 0 Å². The number of halogens is 6. The number of imide groups is 1. The van der Waals surface area contributed by atoms with Crippen LogP contribution in [0.3, 0.4) is 0 Å². The van der Waals surface area contributed by atoms with Crippen LogP contribution in [-0.4, -0.2) is 53.8 Å². The molecule has 2 fully saturated rings. The molecule has 7 nitrogen and oxygen atoms in total. The largest absolute Gasteiger partial charge is 0.416 e. The van der Waals surface area contributed by atoms with E-state index in [1.807, 2.05) is 0 Å². The number of piperidine rings is 1.